The number of hydrogen-bond acceptors (Lipinski definition) is 3. The Hall–Kier alpha value is -1.88. The van der Waals surface area contributed by atoms with Crippen LogP contribution in [-0.4, -0.2) is 66.8 Å². The van der Waals surface area contributed by atoms with Gasteiger partial charge in [-0.05, 0) is 31.5 Å². The average Bonchev–Trinajstić information content (AvgIpc) is 2.99. The van der Waals surface area contributed by atoms with E-state index in [1.165, 1.54) is 24.8 Å². The Balaban J connectivity index is 1.75. The molecule has 1 aromatic rings. The number of hydrogen-bond donors (Lipinski definition) is 0. The quantitative estimate of drug-likeness (QED) is 0.823. The van der Waals surface area contributed by atoms with Gasteiger partial charge in [0, 0.05) is 33.6 Å². The Kier molecular flexibility index (Phi) is 5.74. The smallest absolute Gasteiger partial charge is 0.228 e. The van der Waals surface area contributed by atoms with E-state index in [0.717, 1.165) is 19.6 Å². The second-order valence-corrected chi connectivity index (χ2v) is 7.41. The van der Waals surface area contributed by atoms with E-state index in [1.807, 2.05) is 30.1 Å². The highest BCUT2D eigenvalue weighted by molar-refractivity contribution is 5.89. The molecule has 0 aliphatic carbocycles. The molecule has 136 valence electrons. The van der Waals surface area contributed by atoms with Gasteiger partial charge in [0.15, 0.2) is 0 Å². The topological polar surface area (TPSA) is 43.9 Å². The first-order valence-corrected chi connectivity index (χ1v) is 9.34. The zero-order valence-electron chi connectivity index (χ0n) is 15.4. The maximum absolute atomic E-state index is 13.0. The number of rotatable bonds is 5. The molecule has 0 saturated carbocycles. The van der Waals surface area contributed by atoms with Crippen LogP contribution in [-0.2, 0) is 9.59 Å². The van der Waals surface area contributed by atoms with Crippen LogP contribution in [0.15, 0.2) is 30.3 Å². The first-order valence-electron chi connectivity index (χ1n) is 9.34. The Labute approximate surface area is 150 Å². The molecule has 5 heteroatoms. The molecule has 5 nitrogen and oxygen atoms in total. The summed E-state index contributed by atoms with van der Waals surface area (Å²) >= 11 is 0. The highest BCUT2D eigenvalue weighted by Gasteiger charge is 2.36. The number of carbonyl (C=O) groups excluding carboxylic acids is 2. The molecule has 0 N–H and O–H groups in total. The third kappa shape index (κ3) is 4.21. The molecule has 3 rings (SSSR count). The van der Waals surface area contributed by atoms with Crippen LogP contribution in [0.2, 0.25) is 0 Å². The van der Waals surface area contributed by atoms with Crippen LogP contribution in [0.4, 0.5) is 0 Å². The molecule has 0 spiro atoms. The largest absolute Gasteiger partial charge is 0.345 e. The Morgan fingerprint density at radius 3 is 2.48 bits per heavy atom. The van der Waals surface area contributed by atoms with Gasteiger partial charge in [-0.1, -0.05) is 36.8 Å². The summed E-state index contributed by atoms with van der Waals surface area (Å²) in [6, 6.07) is 10.3. The number of piperidine rings is 1. The molecule has 2 atom stereocenters. The van der Waals surface area contributed by atoms with Gasteiger partial charge in [-0.25, -0.2) is 0 Å². The molecule has 2 amide bonds. The fraction of sp³-hybridized carbons (Fsp3) is 0.600. The summed E-state index contributed by atoms with van der Waals surface area (Å²) in [5.41, 5.74) is 1.17. The molecule has 2 fully saturated rings. The zero-order valence-corrected chi connectivity index (χ0v) is 15.4. The molecule has 2 unspecified atom stereocenters. The fourth-order valence-electron chi connectivity index (χ4n) is 3.98. The van der Waals surface area contributed by atoms with Gasteiger partial charge in [0.05, 0.1) is 12.0 Å². The lowest BCUT2D eigenvalue weighted by atomic mass is 10.0. The Morgan fingerprint density at radius 1 is 1.20 bits per heavy atom. The van der Waals surface area contributed by atoms with Crippen LogP contribution >= 0.6 is 0 Å². The number of nitrogens with zero attached hydrogens (tertiary/aromatic N) is 3. The van der Waals surface area contributed by atoms with Crippen molar-refractivity contribution in [3.63, 3.8) is 0 Å². The van der Waals surface area contributed by atoms with Crippen LogP contribution in [0.25, 0.3) is 0 Å². The molecule has 2 aliphatic rings. The normalized spacial score (nSPS) is 22.9. The van der Waals surface area contributed by atoms with Crippen molar-refractivity contribution in [3.8, 4) is 0 Å². The van der Waals surface area contributed by atoms with Crippen LogP contribution in [0.5, 0.6) is 0 Å². The van der Waals surface area contributed by atoms with Gasteiger partial charge in [-0.3, -0.25) is 9.59 Å². The van der Waals surface area contributed by atoms with E-state index in [2.05, 4.69) is 17.0 Å². The second-order valence-electron chi connectivity index (χ2n) is 7.41. The fourth-order valence-corrected chi connectivity index (χ4v) is 3.98. The number of likely N-dealkylation sites (tertiary alicyclic amines) is 2. The maximum atomic E-state index is 13.0. The van der Waals surface area contributed by atoms with Crippen molar-refractivity contribution < 1.29 is 9.59 Å². The van der Waals surface area contributed by atoms with Gasteiger partial charge in [-0.15, -0.1) is 0 Å². The predicted octanol–water partition coefficient (Wildman–Crippen LogP) is 2.15. The number of carbonyl (C=O) groups is 2. The van der Waals surface area contributed by atoms with Gasteiger partial charge in [-0.2, -0.15) is 0 Å². The van der Waals surface area contributed by atoms with Crippen molar-refractivity contribution in [2.75, 3.05) is 40.3 Å². The minimum Gasteiger partial charge on any atom is -0.345 e. The van der Waals surface area contributed by atoms with Crippen LogP contribution in [0.1, 0.15) is 37.3 Å². The summed E-state index contributed by atoms with van der Waals surface area (Å²) in [4.78, 5) is 30.8. The molecular weight excluding hydrogens is 314 g/mol. The van der Waals surface area contributed by atoms with Crippen molar-refractivity contribution in [2.45, 2.75) is 31.7 Å². The second kappa shape index (κ2) is 8.00. The highest BCUT2D eigenvalue weighted by atomic mass is 16.2. The Bertz CT molecular complexity index is 598. The lowest BCUT2D eigenvalue weighted by Gasteiger charge is -2.36. The summed E-state index contributed by atoms with van der Waals surface area (Å²) in [6.07, 6.45) is 4.12. The number of amides is 2. The average molecular weight is 343 g/mol. The van der Waals surface area contributed by atoms with Crippen molar-refractivity contribution in [1.82, 2.24) is 14.7 Å². The first kappa shape index (κ1) is 17.9. The van der Waals surface area contributed by atoms with Gasteiger partial charge in [0.25, 0.3) is 0 Å². The van der Waals surface area contributed by atoms with E-state index in [1.54, 1.807) is 11.9 Å². The third-order valence-corrected chi connectivity index (χ3v) is 5.57. The summed E-state index contributed by atoms with van der Waals surface area (Å²) in [5.74, 6) is -0.0577. The molecule has 2 aliphatic heterocycles. The molecule has 0 bridgehead atoms. The van der Waals surface area contributed by atoms with Gasteiger partial charge in [0.1, 0.15) is 0 Å². The van der Waals surface area contributed by atoms with Crippen molar-refractivity contribution in [3.05, 3.63) is 35.9 Å². The minimum absolute atomic E-state index is 0.0350. The lowest BCUT2D eigenvalue weighted by molar-refractivity contribution is -0.137. The molecule has 2 saturated heterocycles. The van der Waals surface area contributed by atoms with Crippen LogP contribution in [0, 0.1) is 5.92 Å². The van der Waals surface area contributed by atoms with E-state index < -0.39 is 0 Å². The van der Waals surface area contributed by atoms with E-state index in [9.17, 15) is 9.59 Å². The first-order chi connectivity index (χ1) is 12.1. The molecule has 2 heterocycles. The molecule has 0 aromatic heterocycles. The summed E-state index contributed by atoms with van der Waals surface area (Å²) in [7, 11) is 3.67. The minimum atomic E-state index is -0.213. The van der Waals surface area contributed by atoms with E-state index >= 15 is 0 Å². The maximum Gasteiger partial charge on any atom is 0.228 e. The summed E-state index contributed by atoms with van der Waals surface area (Å²) < 4.78 is 0. The van der Waals surface area contributed by atoms with Crippen LogP contribution < -0.4 is 0 Å². The van der Waals surface area contributed by atoms with E-state index in [0.29, 0.717) is 13.0 Å². The summed E-state index contributed by atoms with van der Waals surface area (Å²) in [5, 5.41) is 0. The molecule has 1 aromatic carbocycles. The van der Waals surface area contributed by atoms with Gasteiger partial charge >= 0.3 is 0 Å². The lowest BCUT2D eigenvalue weighted by Crippen LogP contribution is -2.43. The molecular formula is C20H29N3O2. The third-order valence-electron chi connectivity index (χ3n) is 5.57. The molecule has 0 radical (unpaired) electrons. The Morgan fingerprint density at radius 2 is 1.88 bits per heavy atom. The van der Waals surface area contributed by atoms with Gasteiger partial charge < -0.3 is 14.7 Å². The standard InChI is InChI=1S/C20H29N3O2/c1-21-14-17(13-19(21)24)20(25)22(2)18(16-9-5-3-6-10-16)15-23-11-7-4-8-12-23/h3,5-6,9-10,17-18H,4,7-8,11-15H2,1-2H3. The monoisotopic (exact) mass is 343 g/mol. The number of benzene rings is 1. The van der Waals surface area contributed by atoms with E-state index in [4.69, 9.17) is 0 Å². The van der Waals surface area contributed by atoms with Crippen LogP contribution in [0.3, 0.4) is 0 Å². The molecule has 25 heavy (non-hydrogen) atoms. The predicted molar refractivity (Wildman–Crippen MR) is 98.0 cm³/mol. The summed E-state index contributed by atoms with van der Waals surface area (Å²) in [6.45, 7) is 3.61. The van der Waals surface area contributed by atoms with Crippen molar-refractivity contribution in [1.29, 1.82) is 0 Å². The number of likely N-dealkylation sites (N-methyl/N-ethyl adjacent to an activating group) is 1. The van der Waals surface area contributed by atoms with E-state index in [-0.39, 0.29) is 23.8 Å². The SMILES string of the molecule is CN1CC(C(=O)N(C)C(CN2CCCCC2)c2ccccc2)CC1=O. The van der Waals surface area contributed by atoms with Gasteiger partial charge in [0.2, 0.25) is 11.8 Å². The zero-order chi connectivity index (χ0) is 17.8. The van der Waals surface area contributed by atoms with Crippen molar-refractivity contribution >= 4 is 11.8 Å². The highest BCUT2D eigenvalue weighted by Crippen LogP contribution is 2.26. The van der Waals surface area contributed by atoms with Crippen molar-refractivity contribution in [2.24, 2.45) is 5.92 Å².